The lowest BCUT2D eigenvalue weighted by Crippen LogP contribution is -2.45. The van der Waals surface area contributed by atoms with Crippen LogP contribution in [0.2, 0.25) is 0 Å². The summed E-state index contributed by atoms with van der Waals surface area (Å²) in [6, 6.07) is 10.1. The summed E-state index contributed by atoms with van der Waals surface area (Å²) in [4.78, 5) is 0. The summed E-state index contributed by atoms with van der Waals surface area (Å²) in [6.07, 6.45) is 5.69. The van der Waals surface area contributed by atoms with Gasteiger partial charge in [-0.15, -0.1) is 0 Å². The molecule has 2 aromatic rings. The standard InChI is InChI=1S/C18H26N4O2S/c1-16-7-6-10-22(12-16)25(23,24)20(2)13-18-11-19-21(15-18)14-17-8-4-3-5-9-17/h3-5,8-9,11,15-16H,6-7,10,12-14H2,1-2H3. The van der Waals surface area contributed by atoms with Crippen molar-refractivity contribution >= 4 is 10.2 Å². The Morgan fingerprint density at radius 2 is 2.00 bits per heavy atom. The Balaban J connectivity index is 1.63. The average molecular weight is 362 g/mol. The Kier molecular flexibility index (Phi) is 5.56. The SMILES string of the molecule is CC1CCCN(S(=O)(=O)N(C)Cc2cnn(Cc3ccccc3)c2)C1. The van der Waals surface area contributed by atoms with E-state index in [0.717, 1.165) is 18.4 Å². The highest BCUT2D eigenvalue weighted by atomic mass is 32.2. The van der Waals surface area contributed by atoms with Gasteiger partial charge in [0.25, 0.3) is 10.2 Å². The number of piperidine rings is 1. The lowest BCUT2D eigenvalue weighted by molar-refractivity contribution is 0.263. The normalized spacial score (nSPS) is 19.4. The average Bonchev–Trinajstić information content (AvgIpc) is 3.02. The third-order valence-corrected chi connectivity index (χ3v) is 6.52. The Morgan fingerprint density at radius 3 is 2.72 bits per heavy atom. The third kappa shape index (κ3) is 4.48. The Hall–Kier alpha value is -1.70. The highest BCUT2D eigenvalue weighted by Crippen LogP contribution is 2.21. The molecule has 136 valence electrons. The van der Waals surface area contributed by atoms with Crippen LogP contribution >= 0.6 is 0 Å². The second kappa shape index (κ2) is 7.68. The van der Waals surface area contributed by atoms with Crippen molar-refractivity contribution in [3.05, 3.63) is 53.9 Å². The van der Waals surface area contributed by atoms with Crippen molar-refractivity contribution in [3.63, 3.8) is 0 Å². The molecule has 0 radical (unpaired) electrons. The molecule has 0 bridgehead atoms. The molecule has 1 atom stereocenters. The molecule has 3 rings (SSSR count). The maximum absolute atomic E-state index is 12.8. The minimum absolute atomic E-state index is 0.335. The highest BCUT2D eigenvalue weighted by molar-refractivity contribution is 7.86. The summed E-state index contributed by atoms with van der Waals surface area (Å²) in [6.45, 7) is 4.35. The van der Waals surface area contributed by atoms with E-state index in [2.05, 4.69) is 24.2 Å². The number of rotatable bonds is 6. The third-order valence-electron chi connectivity index (χ3n) is 4.62. The molecular formula is C18H26N4O2S. The Labute approximate surface area is 150 Å². The fourth-order valence-electron chi connectivity index (χ4n) is 3.24. The van der Waals surface area contributed by atoms with Crippen molar-refractivity contribution < 1.29 is 8.42 Å². The molecule has 6 nitrogen and oxygen atoms in total. The number of nitrogens with zero attached hydrogens (tertiary/aromatic N) is 4. The molecule has 0 spiro atoms. The van der Waals surface area contributed by atoms with Crippen molar-refractivity contribution in [2.75, 3.05) is 20.1 Å². The van der Waals surface area contributed by atoms with Gasteiger partial charge in [0, 0.05) is 38.4 Å². The molecule has 7 heteroatoms. The molecule has 0 N–H and O–H groups in total. The van der Waals surface area contributed by atoms with Gasteiger partial charge in [-0.05, 0) is 24.3 Å². The van der Waals surface area contributed by atoms with Crippen LogP contribution in [0.25, 0.3) is 0 Å². The Morgan fingerprint density at radius 1 is 1.24 bits per heavy atom. The zero-order chi connectivity index (χ0) is 17.9. The van der Waals surface area contributed by atoms with E-state index < -0.39 is 10.2 Å². The van der Waals surface area contributed by atoms with Crippen LogP contribution in [0, 0.1) is 5.92 Å². The maximum Gasteiger partial charge on any atom is 0.282 e. The molecule has 1 aliphatic heterocycles. The summed E-state index contributed by atoms with van der Waals surface area (Å²) < 4.78 is 30.4. The van der Waals surface area contributed by atoms with Crippen molar-refractivity contribution in [1.29, 1.82) is 0 Å². The van der Waals surface area contributed by atoms with Gasteiger partial charge in [0.1, 0.15) is 0 Å². The van der Waals surface area contributed by atoms with Gasteiger partial charge in [-0.2, -0.15) is 22.1 Å². The van der Waals surface area contributed by atoms with Crippen LogP contribution in [0.5, 0.6) is 0 Å². The first-order chi connectivity index (χ1) is 11.9. The van der Waals surface area contributed by atoms with E-state index in [4.69, 9.17) is 0 Å². The lowest BCUT2D eigenvalue weighted by Gasteiger charge is -2.32. The smallest absolute Gasteiger partial charge is 0.268 e. The highest BCUT2D eigenvalue weighted by Gasteiger charge is 2.30. The van der Waals surface area contributed by atoms with Crippen LogP contribution in [0.3, 0.4) is 0 Å². The molecule has 0 saturated carbocycles. The number of aromatic nitrogens is 2. The number of hydrogen-bond donors (Lipinski definition) is 0. The summed E-state index contributed by atoms with van der Waals surface area (Å²) in [7, 11) is -1.77. The van der Waals surface area contributed by atoms with Crippen molar-refractivity contribution in [2.45, 2.75) is 32.9 Å². The molecule has 2 heterocycles. The van der Waals surface area contributed by atoms with Gasteiger partial charge in [-0.25, -0.2) is 0 Å². The molecule has 1 aromatic carbocycles. The van der Waals surface area contributed by atoms with Crippen molar-refractivity contribution in [1.82, 2.24) is 18.4 Å². The van der Waals surface area contributed by atoms with E-state index in [-0.39, 0.29) is 0 Å². The number of hydrogen-bond acceptors (Lipinski definition) is 3. The molecular weight excluding hydrogens is 336 g/mol. The van der Waals surface area contributed by atoms with Crippen LogP contribution < -0.4 is 0 Å². The second-order valence-corrected chi connectivity index (χ2v) is 8.94. The van der Waals surface area contributed by atoms with Crippen LogP contribution in [0.15, 0.2) is 42.7 Å². The fraction of sp³-hybridized carbons (Fsp3) is 0.500. The predicted octanol–water partition coefficient (Wildman–Crippen LogP) is 2.34. The number of benzene rings is 1. The maximum atomic E-state index is 12.8. The van der Waals surface area contributed by atoms with Crippen LogP contribution in [0.1, 0.15) is 30.9 Å². The second-order valence-electron chi connectivity index (χ2n) is 6.90. The minimum Gasteiger partial charge on any atom is -0.268 e. The molecule has 1 unspecified atom stereocenters. The van der Waals surface area contributed by atoms with E-state index in [1.165, 1.54) is 9.87 Å². The van der Waals surface area contributed by atoms with Crippen LogP contribution in [-0.4, -0.2) is 46.9 Å². The van der Waals surface area contributed by atoms with Crippen LogP contribution in [-0.2, 0) is 23.3 Å². The molecule has 0 aliphatic carbocycles. The van der Waals surface area contributed by atoms with E-state index in [1.54, 1.807) is 17.5 Å². The first-order valence-electron chi connectivity index (χ1n) is 8.72. The van der Waals surface area contributed by atoms with Gasteiger partial charge >= 0.3 is 0 Å². The summed E-state index contributed by atoms with van der Waals surface area (Å²) in [5.41, 5.74) is 2.06. The zero-order valence-electron chi connectivity index (χ0n) is 14.9. The molecule has 1 fully saturated rings. The van der Waals surface area contributed by atoms with Crippen molar-refractivity contribution in [3.8, 4) is 0 Å². The van der Waals surface area contributed by atoms with Gasteiger partial charge in [0.05, 0.1) is 12.7 Å². The van der Waals surface area contributed by atoms with E-state index in [0.29, 0.717) is 32.1 Å². The van der Waals surface area contributed by atoms with Gasteiger partial charge in [0.15, 0.2) is 0 Å². The largest absolute Gasteiger partial charge is 0.282 e. The minimum atomic E-state index is -3.41. The Bertz CT molecular complexity index is 788. The van der Waals surface area contributed by atoms with Crippen molar-refractivity contribution in [2.24, 2.45) is 5.92 Å². The first kappa shape index (κ1) is 18.1. The monoisotopic (exact) mass is 362 g/mol. The first-order valence-corrected chi connectivity index (χ1v) is 10.1. The summed E-state index contributed by atoms with van der Waals surface area (Å²) >= 11 is 0. The molecule has 0 amide bonds. The molecule has 1 saturated heterocycles. The lowest BCUT2D eigenvalue weighted by atomic mass is 10.0. The van der Waals surface area contributed by atoms with Gasteiger partial charge < -0.3 is 0 Å². The van der Waals surface area contributed by atoms with Crippen LogP contribution in [0.4, 0.5) is 0 Å². The summed E-state index contributed by atoms with van der Waals surface area (Å²) in [5, 5.41) is 4.35. The van der Waals surface area contributed by atoms with Gasteiger partial charge in [-0.3, -0.25) is 4.68 Å². The molecule has 25 heavy (non-hydrogen) atoms. The summed E-state index contributed by atoms with van der Waals surface area (Å²) in [5.74, 6) is 0.422. The predicted molar refractivity (Wildman–Crippen MR) is 98.1 cm³/mol. The zero-order valence-corrected chi connectivity index (χ0v) is 15.7. The molecule has 1 aromatic heterocycles. The quantitative estimate of drug-likeness (QED) is 0.792. The van der Waals surface area contributed by atoms with Gasteiger partial charge in [0.2, 0.25) is 0 Å². The van der Waals surface area contributed by atoms with E-state index in [1.807, 2.05) is 29.1 Å². The van der Waals surface area contributed by atoms with E-state index in [9.17, 15) is 8.42 Å². The molecule has 1 aliphatic rings. The van der Waals surface area contributed by atoms with E-state index >= 15 is 0 Å². The fourth-order valence-corrected chi connectivity index (χ4v) is 4.75. The topological polar surface area (TPSA) is 58.4 Å². The van der Waals surface area contributed by atoms with Gasteiger partial charge in [-0.1, -0.05) is 37.3 Å².